The first kappa shape index (κ1) is 11.7. The largest absolute Gasteiger partial charge is 0.394 e. The summed E-state index contributed by atoms with van der Waals surface area (Å²) in [5.41, 5.74) is 0.0795. The molecule has 2 aliphatic heterocycles. The molecule has 2 N–H and O–H groups in total. The lowest BCUT2D eigenvalue weighted by molar-refractivity contribution is 0.0506. The Kier molecular flexibility index (Phi) is 3.93. The van der Waals surface area contributed by atoms with Crippen molar-refractivity contribution in [2.75, 3.05) is 38.5 Å². The van der Waals surface area contributed by atoms with Crippen molar-refractivity contribution in [3.05, 3.63) is 0 Å². The standard InChI is InChI=1S/C11H22N2OS/c1-10-7-11(8-14,9-15-10)13-5-2-3-12-4-6-13/h10,12,14H,2-9H2,1H3. The van der Waals surface area contributed by atoms with Gasteiger partial charge in [-0.25, -0.2) is 0 Å². The molecule has 2 fully saturated rings. The number of nitrogens with zero attached hydrogens (tertiary/aromatic N) is 1. The predicted molar refractivity (Wildman–Crippen MR) is 65.4 cm³/mol. The smallest absolute Gasteiger partial charge is 0.0623 e. The van der Waals surface area contributed by atoms with Crippen molar-refractivity contribution in [2.24, 2.45) is 0 Å². The van der Waals surface area contributed by atoms with Gasteiger partial charge < -0.3 is 10.4 Å². The van der Waals surface area contributed by atoms with E-state index in [9.17, 15) is 5.11 Å². The Bertz CT molecular complexity index is 207. The van der Waals surface area contributed by atoms with Crippen molar-refractivity contribution in [3.8, 4) is 0 Å². The summed E-state index contributed by atoms with van der Waals surface area (Å²) in [5, 5.41) is 13.8. The number of aliphatic hydroxyl groups excluding tert-OH is 1. The molecule has 0 amide bonds. The van der Waals surface area contributed by atoms with Gasteiger partial charge in [0.05, 0.1) is 12.1 Å². The summed E-state index contributed by atoms with van der Waals surface area (Å²) in [7, 11) is 0. The molecule has 0 aromatic heterocycles. The zero-order chi connectivity index (χ0) is 10.7. The quantitative estimate of drug-likeness (QED) is 0.726. The van der Waals surface area contributed by atoms with Gasteiger partial charge in [0.2, 0.25) is 0 Å². The van der Waals surface area contributed by atoms with E-state index in [4.69, 9.17) is 0 Å². The molecule has 0 radical (unpaired) electrons. The first-order valence-electron chi connectivity index (χ1n) is 5.95. The fourth-order valence-corrected chi connectivity index (χ4v) is 4.12. The second-order valence-corrected chi connectivity index (χ2v) is 6.23. The fraction of sp³-hybridized carbons (Fsp3) is 1.00. The molecule has 88 valence electrons. The van der Waals surface area contributed by atoms with Crippen LogP contribution in [0, 0.1) is 0 Å². The third-order valence-electron chi connectivity index (χ3n) is 3.61. The van der Waals surface area contributed by atoms with E-state index in [1.807, 2.05) is 11.8 Å². The molecule has 2 unspecified atom stereocenters. The third kappa shape index (κ3) is 2.49. The topological polar surface area (TPSA) is 35.5 Å². The lowest BCUT2D eigenvalue weighted by Gasteiger charge is -2.39. The molecule has 15 heavy (non-hydrogen) atoms. The highest BCUT2D eigenvalue weighted by Crippen LogP contribution is 2.38. The van der Waals surface area contributed by atoms with Crippen LogP contribution in [0.4, 0.5) is 0 Å². The maximum absolute atomic E-state index is 9.70. The van der Waals surface area contributed by atoms with Crippen molar-refractivity contribution in [2.45, 2.75) is 30.6 Å². The molecule has 0 aromatic carbocycles. The van der Waals surface area contributed by atoms with Crippen LogP contribution in [0.3, 0.4) is 0 Å². The second kappa shape index (κ2) is 5.04. The van der Waals surface area contributed by atoms with Crippen LogP contribution >= 0.6 is 11.8 Å². The van der Waals surface area contributed by atoms with Gasteiger partial charge in [0.1, 0.15) is 0 Å². The average Bonchev–Trinajstić information content (AvgIpc) is 2.49. The first-order valence-corrected chi connectivity index (χ1v) is 7.00. The Morgan fingerprint density at radius 1 is 1.47 bits per heavy atom. The van der Waals surface area contributed by atoms with Crippen LogP contribution in [0.15, 0.2) is 0 Å². The zero-order valence-corrected chi connectivity index (χ0v) is 10.4. The number of aliphatic hydroxyl groups is 1. The van der Waals surface area contributed by atoms with Gasteiger partial charge in [0.15, 0.2) is 0 Å². The highest BCUT2D eigenvalue weighted by Gasteiger charge is 2.42. The average molecular weight is 230 g/mol. The van der Waals surface area contributed by atoms with Gasteiger partial charge in [-0.2, -0.15) is 11.8 Å². The van der Waals surface area contributed by atoms with Crippen LogP contribution in [0.5, 0.6) is 0 Å². The third-order valence-corrected chi connectivity index (χ3v) is 5.05. The highest BCUT2D eigenvalue weighted by molar-refractivity contribution is 8.00. The predicted octanol–water partition coefficient (Wildman–Crippen LogP) is 0.538. The van der Waals surface area contributed by atoms with E-state index in [0.29, 0.717) is 11.9 Å². The number of hydrogen-bond acceptors (Lipinski definition) is 4. The van der Waals surface area contributed by atoms with Crippen LogP contribution in [0.2, 0.25) is 0 Å². The number of hydrogen-bond donors (Lipinski definition) is 2. The molecule has 2 rings (SSSR count). The molecule has 2 atom stereocenters. The van der Waals surface area contributed by atoms with E-state index in [2.05, 4.69) is 17.1 Å². The molecule has 0 aromatic rings. The summed E-state index contributed by atoms with van der Waals surface area (Å²) in [6.45, 7) is 7.03. The molecular weight excluding hydrogens is 208 g/mol. The zero-order valence-electron chi connectivity index (χ0n) is 9.54. The summed E-state index contributed by atoms with van der Waals surface area (Å²) < 4.78 is 0. The van der Waals surface area contributed by atoms with E-state index >= 15 is 0 Å². The van der Waals surface area contributed by atoms with Crippen LogP contribution in [-0.4, -0.2) is 59.3 Å². The second-order valence-electron chi connectivity index (χ2n) is 4.80. The Balaban J connectivity index is 2.03. The first-order chi connectivity index (χ1) is 7.27. The van der Waals surface area contributed by atoms with E-state index in [1.165, 1.54) is 6.42 Å². The van der Waals surface area contributed by atoms with Gasteiger partial charge in [0.25, 0.3) is 0 Å². The highest BCUT2D eigenvalue weighted by atomic mass is 32.2. The lowest BCUT2D eigenvalue weighted by atomic mass is 9.94. The minimum atomic E-state index is 0.0795. The molecule has 0 bridgehead atoms. The van der Waals surface area contributed by atoms with Crippen molar-refractivity contribution >= 4 is 11.8 Å². The molecule has 2 heterocycles. The van der Waals surface area contributed by atoms with Gasteiger partial charge in [-0.05, 0) is 19.4 Å². The maximum Gasteiger partial charge on any atom is 0.0623 e. The Morgan fingerprint density at radius 2 is 2.33 bits per heavy atom. The summed E-state index contributed by atoms with van der Waals surface area (Å²) in [6.07, 6.45) is 2.36. The van der Waals surface area contributed by atoms with Crippen LogP contribution < -0.4 is 5.32 Å². The van der Waals surface area contributed by atoms with Gasteiger partial charge in [-0.1, -0.05) is 6.92 Å². The van der Waals surface area contributed by atoms with Crippen molar-refractivity contribution in [3.63, 3.8) is 0 Å². The van der Waals surface area contributed by atoms with Crippen LogP contribution in [0.25, 0.3) is 0 Å². The van der Waals surface area contributed by atoms with Crippen molar-refractivity contribution in [1.29, 1.82) is 0 Å². The molecule has 4 heteroatoms. The molecule has 0 aliphatic carbocycles. The number of rotatable bonds is 2. The molecule has 2 saturated heterocycles. The van der Waals surface area contributed by atoms with E-state index in [0.717, 1.165) is 38.4 Å². The summed E-state index contributed by atoms with van der Waals surface area (Å²) >= 11 is 2.01. The van der Waals surface area contributed by atoms with Gasteiger partial charge in [-0.3, -0.25) is 4.90 Å². The molecular formula is C11H22N2OS. The van der Waals surface area contributed by atoms with Crippen molar-refractivity contribution in [1.82, 2.24) is 10.2 Å². The van der Waals surface area contributed by atoms with E-state index in [1.54, 1.807) is 0 Å². The van der Waals surface area contributed by atoms with Crippen LogP contribution in [0.1, 0.15) is 19.8 Å². The molecule has 3 nitrogen and oxygen atoms in total. The maximum atomic E-state index is 9.70. The summed E-state index contributed by atoms with van der Waals surface area (Å²) in [6, 6.07) is 0. The minimum absolute atomic E-state index is 0.0795. The van der Waals surface area contributed by atoms with E-state index < -0.39 is 0 Å². The Hall–Kier alpha value is 0.230. The Morgan fingerprint density at radius 3 is 3.00 bits per heavy atom. The molecule has 0 saturated carbocycles. The number of thioether (sulfide) groups is 1. The number of nitrogens with one attached hydrogen (secondary N) is 1. The Labute approximate surface area is 96.6 Å². The van der Waals surface area contributed by atoms with Gasteiger partial charge in [-0.15, -0.1) is 0 Å². The van der Waals surface area contributed by atoms with Crippen LogP contribution in [-0.2, 0) is 0 Å². The SMILES string of the molecule is CC1CC(CO)(N2CCCNCC2)CS1. The molecule has 0 spiro atoms. The van der Waals surface area contributed by atoms with Gasteiger partial charge in [0, 0.05) is 30.6 Å². The molecule has 2 aliphatic rings. The minimum Gasteiger partial charge on any atom is -0.394 e. The summed E-state index contributed by atoms with van der Waals surface area (Å²) in [4.78, 5) is 2.52. The fourth-order valence-electron chi connectivity index (χ4n) is 2.70. The van der Waals surface area contributed by atoms with E-state index in [-0.39, 0.29) is 5.54 Å². The van der Waals surface area contributed by atoms with Crippen molar-refractivity contribution < 1.29 is 5.11 Å². The van der Waals surface area contributed by atoms with Gasteiger partial charge >= 0.3 is 0 Å². The lowest BCUT2D eigenvalue weighted by Crippen LogP contribution is -2.53. The summed E-state index contributed by atoms with van der Waals surface area (Å²) in [5.74, 6) is 1.10. The normalized spacial score (nSPS) is 39.2. The monoisotopic (exact) mass is 230 g/mol.